The third-order valence-electron chi connectivity index (χ3n) is 8.08. The summed E-state index contributed by atoms with van der Waals surface area (Å²) in [6.07, 6.45) is 3.79. The fraction of sp³-hybridized carbons (Fsp3) is 0.429. The first-order valence-corrected chi connectivity index (χ1v) is 12.8. The largest absolute Gasteiger partial charge is 0.346 e. The van der Waals surface area contributed by atoms with Gasteiger partial charge in [-0.05, 0) is 66.6 Å². The second-order valence-electron chi connectivity index (χ2n) is 10.7. The number of H-pyrrole nitrogens is 1. The van der Waals surface area contributed by atoms with Crippen molar-refractivity contribution in [1.82, 2.24) is 25.1 Å². The molecular weight excluding hydrogens is 454 g/mol. The molecule has 186 valence electrons. The molecule has 0 saturated carbocycles. The van der Waals surface area contributed by atoms with Crippen molar-refractivity contribution in [2.75, 3.05) is 13.1 Å². The van der Waals surface area contributed by atoms with E-state index in [-0.39, 0.29) is 18.2 Å². The number of hydrogen-bond donors (Lipinski definition) is 2. The number of pyridine rings is 1. The molecule has 3 aliphatic rings. The van der Waals surface area contributed by atoms with Crippen LogP contribution in [0.2, 0.25) is 0 Å². The molecule has 0 spiro atoms. The highest BCUT2D eigenvalue weighted by Crippen LogP contribution is 2.33. The van der Waals surface area contributed by atoms with E-state index in [1.807, 2.05) is 24.4 Å². The summed E-state index contributed by atoms with van der Waals surface area (Å²) in [5.74, 6) is 0.614. The molecule has 36 heavy (non-hydrogen) atoms. The Morgan fingerprint density at radius 2 is 1.97 bits per heavy atom. The van der Waals surface area contributed by atoms with Crippen molar-refractivity contribution in [3.63, 3.8) is 0 Å². The SMILES string of the molecule is CC(C)C1CCN(Cc2cc(-c3ccc4c(c3)CN(C3CCC(=O)NC3=O)C4=O)nc3[nH]ccc23)C1. The Balaban J connectivity index is 1.28. The summed E-state index contributed by atoms with van der Waals surface area (Å²) in [6.45, 7) is 8.10. The number of likely N-dealkylation sites (tertiary alicyclic amines) is 1. The van der Waals surface area contributed by atoms with Crippen molar-refractivity contribution >= 4 is 28.8 Å². The highest BCUT2D eigenvalue weighted by Gasteiger charge is 2.39. The van der Waals surface area contributed by atoms with Crippen LogP contribution in [0.5, 0.6) is 0 Å². The monoisotopic (exact) mass is 485 g/mol. The minimum atomic E-state index is -0.610. The van der Waals surface area contributed by atoms with E-state index in [0.29, 0.717) is 24.4 Å². The van der Waals surface area contributed by atoms with Gasteiger partial charge in [0.2, 0.25) is 11.8 Å². The first kappa shape index (κ1) is 22.9. The molecule has 3 aromatic rings. The Hall–Kier alpha value is -3.52. The Bertz CT molecular complexity index is 1380. The van der Waals surface area contributed by atoms with Gasteiger partial charge >= 0.3 is 0 Å². The lowest BCUT2D eigenvalue weighted by molar-refractivity contribution is -0.136. The lowest BCUT2D eigenvalue weighted by atomic mass is 9.95. The van der Waals surface area contributed by atoms with Gasteiger partial charge in [-0.1, -0.05) is 19.9 Å². The van der Waals surface area contributed by atoms with Crippen LogP contribution < -0.4 is 5.32 Å². The van der Waals surface area contributed by atoms with Crippen molar-refractivity contribution in [2.45, 2.75) is 52.2 Å². The van der Waals surface area contributed by atoms with Crippen LogP contribution in [-0.2, 0) is 22.7 Å². The lowest BCUT2D eigenvalue weighted by Crippen LogP contribution is -2.52. The van der Waals surface area contributed by atoms with E-state index in [0.717, 1.165) is 53.4 Å². The first-order chi connectivity index (χ1) is 17.4. The van der Waals surface area contributed by atoms with Gasteiger partial charge in [-0.3, -0.25) is 24.6 Å². The molecule has 6 rings (SSSR count). The average Bonchev–Trinajstić information content (AvgIpc) is 3.58. The van der Waals surface area contributed by atoms with Crippen LogP contribution in [-0.4, -0.2) is 56.6 Å². The van der Waals surface area contributed by atoms with Gasteiger partial charge in [-0.15, -0.1) is 0 Å². The van der Waals surface area contributed by atoms with E-state index in [9.17, 15) is 14.4 Å². The molecule has 0 aliphatic carbocycles. The predicted octanol–water partition coefficient (Wildman–Crippen LogP) is 3.47. The quantitative estimate of drug-likeness (QED) is 0.540. The summed E-state index contributed by atoms with van der Waals surface area (Å²) in [6, 6.07) is 9.46. The summed E-state index contributed by atoms with van der Waals surface area (Å²) >= 11 is 0. The standard InChI is InChI=1S/C28H31N5O3/c1-16(2)18-8-10-32(13-18)14-20-12-23(30-26-21(20)7-9-29-26)17-3-4-22-19(11-17)15-33(28(22)36)24-5-6-25(34)31-27(24)35/h3-4,7,9,11-12,16,18,24H,5-6,8,10,13-15H2,1-2H3,(H,29,30)(H,31,34,35). The minimum absolute atomic E-state index is 0.159. The van der Waals surface area contributed by atoms with Crippen LogP contribution in [0.1, 0.15) is 54.6 Å². The van der Waals surface area contributed by atoms with Crippen molar-refractivity contribution in [1.29, 1.82) is 0 Å². The number of aromatic nitrogens is 2. The van der Waals surface area contributed by atoms with Crippen LogP contribution >= 0.6 is 0 Å². The molecule has 2 fully saturated rings. The summed E-state index contributed by atoms with van der Waals surface area (Å²) in [5, 5.41) is 3.51. The third kappa shape index (κ3) is 3.99. The normalized spacial score (nSPS) is 22.6. The van der Waals surface area contributed by atoms with Crippen LogP contribution in [0.15, 0.2) is 36.5 Å². The first-order valence-electron chi connectivity index (χ1n) is 12.8. The maximum Gasteiger partial charge on any atom is 0.255 e. The van der Waals surface area contributed by atoms with Gasteiger partial charge in [0.05, 0.1) is 5.69 Å². The zero-order valence-corrected chi connectivity index (χ0v) is 20.7. The van der Waals surface area contributed by atoms with Crippen molar-refractivity contribution < 1.29 is 14.4 Å². The fourth-order valence-corrected chi connectivity index (χ4v) is 5.91. The van der Waals surface area contributed by atoms with Crippen LogP contribution in [0.3, 0.4) is 0 Å². The van der Waals surface area contributed by atoms with E-state index >= 15 is 0 Å². The molecule has 2 saturated heterocycles. The highest BCUT2D eigenvalue weighted by atomic mass is 16.2. The fourth-order valence-electron chi connectivity index (χ4n) is 5.91. The van der Waals surface area contributed by atoms with Crippen LogP contribution in [0, 0.1) is 11.8 Å². The summed E-state index contributed by atoms with van der Waals surface area (Å²) < 4.78 is 0. The average molecular weight is 486 g/mol. The number of amides is 3. The van der Waals surface area contributed by atoms with E-state index in [4.69, 9.17) is 4.98 Å². The Morgan fingerprint density at radius 1 is 1.11 bits per heavy atom. The van der Waals surface area contributed by atoms with Crippen LogP contribution in [0.4, 0.5) is 0 Å². The number of imide groups is 1. The molecule has 2 unspecified atom stereocenters. The maximum absolute atomic E-state index is 13.1. The van der Waals surface area contributed by atoms with Crippen molar-refractivity contribution in [3.8, 4) is 11.3 Å². The number of benzene rings is 1. The van der Waals surface area contributed by atoms with E-state index in [1.165, 1.54) is 12.0 Å². The number of nitrogens with one attached hydrogen (secondary N) is 2. The third-order valence-corrected chi connectivity index (χ3v) is 8.08. The lowest BCUT2D eigenvalue weighted by Gasteiger charge is -2.29. The molecular formula is C28H31N5O3. The number of nitrogens with zero attached hydrogens (tertiary/aromatic N) is 3. The number of carbonyl (C=O) groups excluding carboxylic acids is 3. The van der Waals surface area contributed by atoms with Gasteiger partial charge in [-0.25, -0.2) is 4.98 Å². The van der Waals surface area contributed by atoms with Gasteiger partial charge in [0, 0.05) is 48.8 Å². The van der Waals surface area contributed by atoms with Gasteiger partial charge in [-0.2, -0.15) is 0 Å². The smallest absolute Gasteiger partial charge is 0.255 e. The second kappa shape index (κ2) is 8.85. The van der Waals surface area contributed by atoms with Crippen molar-refractivity contribution in [2.24, 2.45) is 11.8 Å². The number of fused-ring (bicyclic) bond motifs is 2. The van der Waals surface area contributed by atoms with E-state index < -0.39 is 11.9 Å². The zero-order chi connectivity index (χ0) is 25.0. The number of rotatable bonds is 5. The predicted molar refractivity (Wildman–Crippen MR) is 136 cm³/mol. The highest BCUT2D eigenvalue weighted by molar-refractivity contribution is 6.05. The van der Waals surface area contributed by atoms with Crippen molar-refractivity contribution in [3.05, 3.63) is 53.2 Å². The van der Waals surface area contributed by atoms with Gasteiger partial charge in [0.25, 0.3) is 5.91 Å². The van der Waals surface area contributed by atoms with E-state index in [1.54, 1.807) is 4.90 Å². The van der Waals surface area contributed by atoms with E-state index in [2.05, 4.69) is 41.2 Å². The molecule has 5 heterocycles. The molecule has 0 bridgehead atoms. The van der Waals surface area contributed by atoms with Gasteiger partial charge < -0.3 is 9.88 Å². The van der Waals surface area contributed by atoms with Gasteiger partial charge in [0.1, 0.15) is 11.7 Å². The number of carbonyl (C=O) groups is 3. The number of hydrogen-bond acceptors (Lipinski definition) is 5. The summed E-state index contributed by atoms with van der Waals surface area (Å²) in [4.78, 5) is 49.3. The summed E-state index contributed by atoms with van der Waals surface area (Å²) in [7, 11) is 0. The number of piperidine rings is 1. The molecule has 8 nitrogen and oxygen atoms in total. The molecule has 1 aromatic carbocycles. The molecule has 0 radical (unpaired) electrons. The van der Waals surface area contributed by atoms with Crippen LogP contribution in [0.25, 0.3) is 22.3 Å². The topological polar surface area (TPSA) is 98.4 Å². The molecule has 3 amide bonds. The Kier molecular flexibility index (Phi) is 5.63. The molecule has 2 aromatic heterocycles. The molecule has 3 aliphatic heterocycles. The Morgan fingerprint density at radius 3 is 2.75 bits per heavy atom. The minimum Gasteiger partial charge on any atom is -0.346 e. The number of aromatic amines is 1. The van der Waals surface area contributed by atoms with Gasteiger partial charge in [0.15, 0.2) is 0 Å². The molecule has 8 heteroatoms. The molecule has 2 N–H and O–H groups in total. The second-order valence-corrected chi connectivity index (χ2v) is 10.7. The maximum atomic E-state index is 13.1. The molecule has 2 atom stereocenters. The zero-order valence-electron chi connectivity index (χ0n) is 20.7. The Labute approximate surface area is 210 Å². The summed E-state index contributed by atoms with van der Waals surface area (Å²) in [5.41, 5.74) is 5.43.